The molecule has 12 heavy (non-hydrogen) atoms. The third-order valence-electron chi connectivity index (χ3n) is 1.73. The van der Waals surface area contributed by atoms with Crippen molar-refractivity contribution in [1.29, 1.82) is 0 Å². The average Bonchev–Trinajstić information content (AvgIpc) is 2.50. The van der Waals surface area contributed by atoms with Crippen LogP contribution >= 0.6 is 11.3 Å². The fraction of sp³-hybridized carbons (Fsp3) is 0.375. The molecule has 1 heterocycles. The van der Waals surface area contributed by atoms with Crippen molar-refractivity contribution in [2.75, 3.05) is 0 Å². The Morgan fingerprint density at radius 2 is 2.50 bits per heavy atom. The van der Waals surface area contributed by atoms with Gasteiger partial charge in [0, 0.05) is 6.04 Å². The van der Waals surface area contributed by atoms with Gasteiger partial charge in [-0.2, -0.15) is 0 Å². The van der Waals surface area contributed by atoms with Gasteiger partial charge in [-0.1, -0.05) is 6.92 Å². The summed E-state index contributed by atoms with van der Waals surface area (Å²) in [5, 5.41) is 10.5. The second-order valence-electron chi connectivity index (χ2n) is 2.52. The lowest BCUT2D eigenvalue weighted by Gasteiger charge is -2.06. The fourth-order valence-corrected chi connectivity index (χ4v) is 1.81. The molecular formula is C8H11NO2S. The third kappa shape index (κ3) is 1.65. The molecule has 0 fully saturated rings. The summed E-state index contributed by atoms with van der Waals surface area (Å²) < 4.78 is 0. The van der Waals surface area contributed by atoms with Crippen LogP contribution in [-0.2, 0) is 0 Å². The van der Waals surface area contributed by atoms with Gasteiger partial charge in [0.15, 0.2) is 0 Å². The maximum absolute atomic E-state index is 10.7. The summed E-state index contributed by atoms with van der Waals surface area (Å²) in [6.07, 6.45) is 0.761. The minimum atomic E-state index is -0.885. The van der Waals surface area contributed by atoms with Crippen LogP contribution in [0, 0.1) is 0 Å². The maximum Gasteiger partial charge on any atom is 0.346 e. The molecule has 0 saturated heterocycles. The molecule has 1 aromatic rings. The van der Waals surface area contributed by atoms with Crippen LogP contribution in [0.2, 0.25) is 0 Å². The molecule has 4 heteroatoms. The van der Waals surface area contributed by atoms with Crippen molar-refractivity contribution >= 4 is 17.3 Å². The average molecular weight is 185 g/mol. The number of thiophene rings is 1. The predicted molar refractivity (Wildman–Crippen MR) is 48.5 cm³/mol. The van der Waals surface area contributed by atoms with E-state index < -0.39 is 5.97 Å². The van der Waals surface area contributed by atoms with E-state index in [2.05, 4.69) is 0 Å². The van der Waals surface area contributed by atoms with Gasteiger partial charge in [0.1, 0.15) is 4.88 Å². The highest BCUT2D eigenvalue weighted by atomic mass is 32.1. The lowest BCUT2D eigenvalue weighted by atomic mass is 10.1. The Morgan fingerprint density at radius 3 is 3.00 bits per heavy atom. The van der Waals surface area contributed by atoms with Gasteiger partial charge in [-0.15, -0.1) is 11.3 Å². The van der Waals surface area contributed by atoms with E-state index in [0.29, 0.717) is 4.88 Å². The summed E-state index contributed by atoms with van der Waals surface area (Å²) in [6.45, 7) is 1.94. The normalized spacial score (nSPS) is 12.8. The van der Waals surface area contributed by atoms with E-state index in [0.717, 1.165) is 12.0 Å². The van der Waals surface area contributed by atoms with Gasteiger partial charge in [0.25, 0.3) is 0 Å². The molecule has 0 saturated carbocycles. The van der Waals surface area contributed by atoms with E-state index in [-0.39, 0.29) is 6.04 Å². The van der Waals surface area contributed by atoms with E-state index in [1.54, 1.807) is 11.4 Å². The number of rotatable bonds is 3. The number of hydrogen-bond acceptors (Lipinski definition) is 3. The molecular weight excluding hydrogens is 174 g/mol. The van der Waals surface area contributed by atoms with Crippen LogP contribution in [0.3, 0.4) is 0 Å². The first-order valence-corrected chi connectivity index (χ1v) is 4.61. The first-order valence-electron chi connectivity index (χ1n) is 3.73. The van der Waals surface area contributed by atoms with Crippen molar-refractivity contribution < 1.29 is 9.90 Å². The van der Waals surface area contributed by atoms with Crippen molar-refractivity contribution in [3.8, 4) is 0 Å². The summed E-state index contributed by atoms with van der Waals surface area (Å²) >= 11 is 1.22. The second-order valence-corrected chi connectivity index (χ2v) is 3.44. The molecule has 66 valence electrons. The van der Waals surface area contributed by atoms with E-state index >= 15 is 0 Å². The molecule has 0 aliphatic carbocycles. The fourth-order valence-electron chi connectivity index (χ4n) is 1.00. The van der Waals surface area contributed by atoms with Gasteiger partial charge in [0.2, 0.25) is 0 Å². The van der Waals surface area contributed by atoms with Crippen molar-refractivity contribution in [1.82, 2.24) is 0 Å². The van der Waals surface area contributed by atoms with Crippen LogP contribution in [-0.4, -0.2) is 11.1 Å². The zero-order valence-corrected chi connectivity index (χ0v) is 7.60. The van der Waals surface area contributed by atoms with Crippen LogP contribution in [0.5, 0.6) is 0 Å². The first kappa shape index (κ1) is 9.22. The van der Waals surface area contributed by atoms with Gasteiger partial charge in [-0.05, 0) is 23.4 Å². The molecule has 1 aromatic heterocycles. The summed E-state index contributed by atoms with van der Waals surface area (Å²) in [4.78, 5) is 11.0. The number of nitrogens with two attached hydrogens (primary N) is 1. The SMILES string of the molecule is CCC(N)c1ccsc1C(=O)O. The lowest BCUT2D eigenvalue weighted by Crippen LogP contribution is -2.11. The maximum atomic E-state index is 10.7. The Kier molecular flexibility index (Phi) is 2.83. The van der Waals surface area contributed by atoms with Gasteiger partial charge in [-0.25, -0.2) is 4.79 Å². The standard InChI is InChI=1S/C8H11NO2S/c1-2-6(9)5-3-4-12-7(5)8(10)11/h3-4,6H,2,9H2,1H3,(H,10,11). The number of hydrogen-bond donors (Lipinski definition) is 2. The molecule has 0 aliphatic rings. The highest BCUT2D eigenvalue weighted by Crippen LogP contribution is 2.23. The molecule has 3 N–H and O–H groups in total. The molecule has 0 aromatic carbocycles. The summed E-state index contributed by atoms with van der Waals surface area (Å²) in [7, 11) is 0. The molecule has 3 nitrogen and oxygen atoms in total. The monoisotopic (exact) mass is 185 g/mol. The van der Waals surface area contributed by atoms with E-state index in [9.17, 15) is 4.79 Å². The predicted octanol–water partition coefficient (Wildman–Crippen LogP) is 1.86. The zero-order valence-electron chi connectivity index (χ0n) is 6.78. The quantitative estimate of drug-likeness (QED) is 0.755. The second kappa shape index (κ2) is 3.69. The molecule has 0 amide bonds. The number of aromatic carboxylic acids is 1. The molecule has 0 bridgehead atoms. The molecule has 0 radical (unpaired) electrons. The van der Waals surface area contributed by atoms with Crippen molar-refractivity contribution in [3.05, 3.63) is 21.9 Å². The van der Waals surface area contributed by atoms with Crippen LogP contribution in [0.4, 0.5) is 0 Å². The smallest absolute Gasteiger partial charge is 0.346 e. The van der Waals surface area contributed by atoms with Gasteiger partial charge < -0.3 is 10.8 Å². The van der Waals surface area contributed by atoms with Gasteiger partial charge >= 0.3 is 5.97 Å². The molecule has 0 aliphatic heterocycles. The van der Waals surface area contributed by atoms with Crippen LogP contribution < -0.4 is 5.73 Å². The number of carboxylic acid groups (broad SMARTS) is 1. The Bertz CT molecular complexity index is 282. The van der Waals surface area contributed by atoms with Gasteiger partial charge in [0.05, 0.1) is 0 Å². The van der Waals surface area contributed by atoms with E-state index in [4.69, 9.17) is 10.8 Å². The van der Waals surface area contributed by atoms with Crippen LogP contribution in [0.15, 0.2) is 11.4 Å². The van der Waals surface area contributed by atoms with Gasteiger partial charge in [-0.3, -0.25) is 0 Å². The Morgan fingerprint density at radius 1 is 1.83 bits per heavy atom. The minimum Gasteiger partial charge on any atom is -0.477 e. The highest BCUT2D eigenvalue weighted by molar-refractivity contribution is 7.12. The highest BCUT2D eigenvalue weighted by Gasteiger charge is 2.15. The van der Waals surface area contributed by atoms with Crippen LogP contribution in [0.25, 0.3) is 0 Å². The molecule has 0 spiro atoms. The Labute approximate surface area is 74.8 Å². The molecule has 1 rings (SSSR count). The molecule has 1 unspecified atom stereocenters. The first-order chi connectivity index (χ1) is 5.66. The van der Waals surface area contributed by atoms with Crippen molar-refractivity contribution in [2.24, 2.45) is 5.73 Å². The zero-order chi connectivity index (χ0) is 9.14. The largest absolute Gasteiger partial charge is 0.477 e. The van der Waals surface area contributed by atoms with Crippen molar-refractivity contribution in [3.63, 3.8) is 0 Å². The number of carboxylic acids is 1. The van der Waals surface area contributed by atoms with E-state index in [1.807, 2.05) is 6.92 Å². The summed E-state index contributed by atoms with van der Waals surface area (Å²) in [5.74, 6) is -0.885. The number of carbonyl (C=O) groups is 1. The Balaban J connectivity index is 2.98. The molecule has 1 atom stereocenters. The summed E-state index contributed by atoms with van der Waals surface area (Å²) in [6, 6.07) is 1.63. The summed E-state index contributed by atoms with van der Waals surface area (Å²) in [5.41, 5.74) is 6.47. The van der Waals surface area contributed by atoms with Crippen LogP contribution in [0.1, 0.15) is 34.6 Å². The minimum absolute atomic E-state index is 0.151. The lowest BCUT2D eigenvalue weighted by molar-refractivity contribution is 0.0700. The third-order valence-corrected chi connectivity index (χ3v) is 2.65. The topological polar surface area (TPSA) is 63.3 Å². The van der Waals surface area contributed by atoms with E-state index in [1.165, 1.54) is 11.3 Å². The Hall–Kier alpha value is -0.870. The van der Waals surface area contributed by atoms with Crippen molar-refractivity contribution in [2.45, 2.75) is 19.4 Å².